The number of azo groups is 1. The van der Waals surface area contributed by atoms with E-state index in [1.807, 2.05) is 26.8 Å². The fourth-order valence-electron chi connectivity index (χ4n) is 0.651. The van der Waals surface area contributed by atoms with E-state index in [2.05, 4.69) is 5.11 Å². The van der Waals surface area contributed by atoms with Gasteiger partial charge in [-0.15, -0.1) is 0 Å². The Balaban J connectivity index is 4.14. The van der Waals surface area contributed by atoms with Crippen molar-refractivity contribution in [1.29, 1.82) is 5.26 Å². The summed E-state index contributed by atoms with van der Waals surface area (Å²) in [6, 6.07) is 1.98. The quantitative estimate of drug-likeness (QED) is 0.360. The first kappa shape index (κ1) is 10.9. The number of hydrogen-bond donors (Lipinski definition) is 0. The highest BCUT2D eigenvalue weighted by Gasteiger charge is 2.14. The molecule has 0 radical (unpaired) electrons. The third-order valence-electron chi connectivity index (χ3n) is 1.06. The predicted octanol–water partition coefficient (Wildman–Crippen LogP) is 1.91. The van der Waals surface area contributed by atoms with Crippen LogP contribution in [0.15, 0.2) is 5.11 Å². The molecule has 4 nitrogen and oxygen atoms in total. The third-order valence-corrected chi connectivity index (χ3v) is 1.06. The minimum absolute atomic E-state index is 0.147. The third kappa shape index (κ3) is 5.66. The number of hydroxylamine groups is 1. The highest BCUT2D eigenvalue weighted by Crippen LogP contribution is 2.07. The molecule has 0 aliphatic heterocycles. The van der Waals surface area contributed by atoms with Crippen LogP contribution in [0.3, 0.4) is 0 Å². The Morgan fingerprint density at radius 3 is 2.42 bits per heavy atom. The molecule has 0 rings (SSSR count). The summed E-state index contributed by atoms with van der Waals surface area (Å²) in [5.74, 6) is -0.270. The summed E-state index contributed by atoms with van der Waals surface area (Å²) in [5.41, 5.74) is -0.364. The smallest absolute Gasteiger partial charge is 0.195 e. The minimum Gasteiger partial charge on any atom is -0.600 e. The molecule has 0 aliphatic rings. The van der Waals surface area contributed by atoms with Crippen LogP contribution >= 0.6 is 0 Å². The molecule has 0 spiro atoms. The standard InChI is InChI=1S/C8H15N3O/c1-7(5-9)6-11(12)10-8(2,3)4/h7H,6H2,1-4H3. The van der Waals surface area contributed by atoms with Gasteiger partial charge in [-0.2, -0.15) is 5.26 Å². The fraction of sp³-hybridized carbons (Fsp3) is 0.875. The van der Waals surface area contributed by atoms with Crippen LogP contribution < -0.4 is 0 Å². The van der Waals surface area contributed by atoms with Gasteiger partial charge in [0.05, 0.1) is 6.07 Å². The average molecular weight is 169 g/mol. The van der Waals surface area contributed by atoms with Crippen molar-refractivity contribution < 1.29 is 4.86 Å². The molecule has 0 aromatic rings. The van der Waals surface area contributed by atoms with E-state index >= 15 is 0 Å². The molecule has 0 saturated heterocycles. The molecule has 0 aliphatic carbocycles. The fourth-order valence-corrected chi connectivity index (χ4v) is 0.651. The van der Waals surface area contributed by atoms with E-state index in [1.54, 1.807) is 6.92 Å². The Morgan fingerprint density at radius 1 is 1.58 bits per heavy atom. The Kier molecular flexibility index (Phi) is 3.68. The summed E-state index contributed by atoms with van der Waals surface area (Å²) in [5, 5.41) is 23.3. The Morgan fingerprint density at radius 2 is 2.08 bits per heavy atom. The first-order chi connectivity index (χ1) is 5.35. The molecule has 0 amide bonds. The second-order valence-electron chi connectivity index (χ2n) is 3.84. The van der Waals surface area contributed by atoms with Gasteiger partial charge in [-0.3, -0.25) is 0 Å². The van der Waals surface area contributed by atoms with Crippen molar-refractivity contribution in [3.05, 3.63) is 5.21 Å². The molecular weight excluding hydrogens is 154 g/mol. The van der Waals surface area contributed by atoms with Gasteiger partial charge in [0.15, 0.2) is 6.54 Å². The molecule has 0 saturated carbocycles. The van der Waals surface area contributed by atoms with Crippen LogP contribution in [0.4, 0.5) is 0 Å². The molecule has 0 bridgehead atoms. The zero-order valence-electron chi connectivity index (χ0n) is 8.03. The molecule has 1 atom stereocenters. The first-order valence-corrected chi connectivity index (χ1v) is 3.92. The van der Waals surface area contributed by atoms with Gasteiger partial charge in [0, 0.05) is 0 Å². The summed E-state index contributed by atoms with van der Waals surface area (Å²) in [7, 11) is 0. The zero-order valence-corrected chi connectivity index (χ0v) is 8.03. The van der Waals surface area contributed by atoms with Crippen LogP contribution in [0.1, 0.15) is 27.7 Å². The summed E-state index contributed by atoms with van der Waals surface area (Å²) >= 11 is 0. The van der Waals surface area contributed by atoms with E-state index in [-0.39, 0.29) is 18.0 Å². The second kappa shape index (κ2) is 4.05. The maximum atomic E-state index is 11.0. The number of rotatable bonds is 2. The lowest BCUT2D eigenvalue weighted by Crippen LogP contribution is -2.18. The van der Waals surface area contributed by atoms with E-state index in [9.17, 15) is 5.21 Å². The number of hydrogen-bond acceptors (Lipinski definition) is 3. The zero-order chi connectivity index (χ0) is 9.78. The van der Waals surface area contributed by atoms with Crippen LogP contribution in [-0.4, -0.2) is 16.9 Å². The van der Waals surface area contributed by atoms with Crippen molar-refractivity contribution in [2.24, 2.45) is 11.0 Å². The molecule has 0 aromatic heterocycles. The van der Waals surface area contributed by atoms with E-state index < -0.39 is 0 Å². The second-order valence-corrected chi connectivity index (χ2v) is 3.84. The molecule has 0 fully saturated rings. The van der Waals surface area contributed by atoms with Crippen molar-refractivity contribution in [3.63, 3.8) is 0 Å². The van der Waals surface area contributed by atoms with Gasteiger partial charge in [0.1, 0.15) is 11.5 Å². The van der Waals surface area contributed by atoms with Crippen LogP contribution in [-0.2, 0) is 0 Å². The van der Waals surface area contributed by atoms with Gasteiger partial charge < -0.3 is 5.21 Å². The van der Waals surface area contributed by atoms with E-state index in [1.165, 1.54) is 0 Å². The van der Waals surface area contributed by atoms with Gasteiger partial charge in [0.25, 0.3) is 0 Å². The van der Waals surface area contributed by atoms with Crippen molar-refractivity contribution >= 4 is 0 Å². The van der Waals surface area contributed by atoms with Gasteiger partial charge in [-0.1, -0.05) is 4.86 Å². The topological polar surface area (TPSA) is 62.2 Å². The van der Waals surface area contributed by atoms with Gasteiger partial charge in [-0.25, -0.2) is 0 Å². The molecular formula is C8H15N3O. The molecule has 12 heavy (non-hydrogen) atoms. The van der Waals surface area contributed by atoms with Crippen molar-refractivity contribution in [2.75, 3.05) is 6.54 Å². The Bertz CT molecular complexity index is 209. The highest BCUT2D eigenvalue weighted by atomic mass is 16.5. The molecule has 4 heteroatoms. The molecule has 1 unspecified atom stereocenters. The van der Waals surface area contributed by atoms with Crippen LogP contribution in [0.5, 0.6) is 0 Å². The van der Waals surface area contributed by atoms with E-state index in [0.29, 0.717) is 4.86 Å². The van der Waals surface area contributed by atoms with Crippen molar-refractivity contribution in [2.45, 2.75) is 33.2 Å². The molecule has 68 valence electrons. The molecule has 0 N–H and O–H groups in total. The SMILES string of the molecule is CC(C#N)C[N+]([O-])=NC(C)(C)C. The molecule has 0 heterocycles. The number of nitriles is 1. The Hall–Kier alpha value is -1.11. The van der Waals surface area contributed by atoms with Gasteiger partial charge in [0.2, 0.25) is 0 Å². The number of nitrogens with zero attached hydrogens (tertiary/aromatic N) is 3. The van der Waals surface area contributed by atoms with Crippen LogP contribution in [0.2, 0.25) is 0 Å². The summed E-state index contributed by atoms with van der Waals surface area (Å²) in [4.78, 5) is 0.591. The summed E-state index contributed by atoms with van der Waals surface area (Å²) < 4.78 is 0. The van der Waals surface area contributed by atoms with Crippen LogP contribution in [0, 0.1) is 22.5 Å². The van der Waals surface area contributed by atoms with Crippen molar-refractivity contribution in [3.8, 4) is 6.07 Å². The first-order valence-electron chi connectivity index (χ1n) is 3.92. The van der Waals surface area contributed by atoms with E-state index in [4.69, 9.17) is 5.26 Å². The largest absolute Gasteiger partial charge is 0.600 e. The normalized spacial score (nSPS) is 15.4. The maximum absolute atomic E-state index is 11.0. The lowest BCUT2D eigenvalue weighted by atomic mass is 10.1. The van der Waals surface area contributed by atoms with Crippen molar-refractivity contribution in [1.82, 2.24) is 0 Å². The minimum atomic E-state index is -0.364. The Labute approximate surface area is 73.1 Å². The average Bonchev–Trinajstić information content (AvgIpc) is 1.82. The van der Waals surface area contributed by atoms with Gasteiger partial charge >= 0.3 is 0 Å². The highest BCUT2D eigenvalue weighted by molar-refractivity contribution is 4.77. The van der Waals surface area contributed by atoms with Crippen LogP contribution in [0.25, 0.3) is 0 Å². The molecule has 0 aromatic carbocycles. The lowest BCUT2D eigenvalue weighted by molar-refractivity contribution is -0.540. The monoisotopic (exact) mass is 169 g/mol. The van der Waals surface area contributed by atoms with Gasteiger partial charge in [-0.05, 0) is 32.8 Å². The summed E-state index contributed by atoms with van der Waals surface area (Å²) in [6.45, 7) is 7.37. The predicted molar refractivity (Wildman–Crippen MR) is 45.5 cm³/mol. The summed E-state index contributed by atoms with van der Waals surface area (Å²) in [6.07, 6.45) is 0. The van der Waals surface area contributed by atoms with E-state index in [0.717, 1.165) is 0 Å². The lowest BCUT2D eigenvalue weighted by Gasteiger charge is -2.10. The maximum Gasteiger partial charge on any atom is 0.195 e.